The lowest BCUT2D eigenvalue weighted by molar-refractivity contribution is 0.0776. The predicted molar refractivity (Wildman–Crippen MR) is 84.9 cm³/mol. The average molecular weight is 320 g/mol. The van der Waals surface area contributed by atoms with Crippen molar-refractivity contribution in [3.8, 4) is 11.5 Å². The zero-order valence-corrected chi connectivity index (χ0v) is 12.9. The molecule has 2 saturated heterocycles. The number of rotatable bonds is 2. The summed E-state index contributed by atoms with van der Waals surface area (Å²) < 4.78 is 5.45. The van der Waals surface area contributed by atoms with E-state index in [1.807, 2.05) is 35.2 Å². The number of hydrogen-bond donors (Lipinski definition) is 1. The first kappa shape index (κ1) is 15.1. The van der Waals surface area contributed by atoms with Gasteiger partial charge in [-0.1, -0.05) is 18.2 Å². The van der Waals surface area contributed by atoms with Crippen LogP contribution in [0.3, 0.4) is 0 Å². The van der Waals surface area contributed by atoms with Crippen molar-refractivity contribution in [1.29, 1.82) is 0 Å². The Kier molecular flexibility index (Phi) is 4.18. The summed E-state index contributed by atoms with van der Waals surface area (Å²) in [5, 5.41) is 3.38. The van der Waals surface area contributed by atoms with Crippen LogP contribution in [0.25, 0.3) is 11.5 Å². The molecule has 1 aromatic carbocycles. The summed E-state index contributed by atoms with van der Waals surface area (Å²) >= 11 is 0. The fourth-order valence-electron chi connectivity index (χ4n) is 3.27. The van der Waals surface area contributed by atoms with E-state index in [4.69, 9.17) is 4.42 Å². The smallest absolute Gasteiger partial charge is 0.275 e. The van der Waals surface area contributed by atoms with Crippen LogP contribution in [0.5, 0.6) is 0 Å². The Morgan fingerprint density at radius 3 is 2.55 bits per heavy atom. The summed E-state index contributed by atoms with van der Waals surface area (Å²) in [5.74, 6) is 1.67. The van der Waals surface area contributed by atoms with Crippen LogP contribution in [0.1, 0.15) is 10.5 Å². The first-order valence-corrected chi connectivity index (χ1v) is 7.32. The monoisotopic (exact) mass is 319 g/mol. The van der Waals surface area contributed by atoms with Crippen LogP contribution in [0.2, 0.25) is 0 Å². The molecule has 116 valence electrons. The second-order valence-corrected chi connectivity index (χ2v) is 5.79. The Morgan fingerprint density at radius 1 is 1.18 bits per heavy atom. The SMILES string of the molecule is Cl.O=C(c1coc(-c2ccccc2)n1)N1C[C@H]2CNC[C@H]2C1. The van der Waals surface area contributed by atoms with Gasteiger partial charge in [-0.25, -0.2) is 4.98 Å². The van der Waals surface area contributed by atoms with Gasteiger partial charge in [0, 0.05) is 31.7 Å². The number of aromatic nitrogens is 1. The van der Waals surface area contributed by atoms with Gasteiger partial charge in [-0.05, 0) is 24.0 Å². The van der Waals surface area contributed by atoms with Crippen LogP contribution in [0.4, 0.5) is 0 Å². The van der Waals surface area contributed by atoms with Crippen molar-refractivity contribution < 1.29 is 9.21 Å². The zero-order chi connectivity index (χ0) is 14.2. The van der Waals surface area contributed by atoms with Crippen molar-refractivity contribution in [3.63, 3.8) is 0 Å². The topological polar surface area (TPSA) is 58.4 Å². The number of hydrogen-bond acceptors (Lipinski definition) is 4. The van der Waals surface area contributed by atoms with E-state index in [0.717, 1.165) is 31.7 Å². The number of amides is 1. The molecule has 0 radical (unpaired) electrons. The number of carbonyl (C=O) groups is 1. The maximum atomic E-state index is 12.5. The Bertz CT molecular complexity index is 646. The number of fused-ring (bicyclic) bond motifs is 1. The molecular weight excluding hydrogens is 302 g/mol. The second kappa shape index (κ2) is 6.10. The van der Waals surface area contributed by atoms with Crippen molar-refractivity contribution in [3.05, 3.63) is 42.3 Å². The fourth-order valence-corrected chi connectivity index (χ4v) is 3.27. The maximum Gasteiger partial charge on any atom is 0.275 e. The molecule has 2 aromatic rings. The zero-order valence-electron chi connectivity index (χ0n) is 12.1. The third kappa shape index (κ3) is 2.62. The number of oxazole rings is 1. The molecule has 4 rings (SSSR count). The first-order chi connectivity index (χ1) is 10.3. The summed E-state index contributed by atoms with van der Waals surface area (Å²) in [6.45, 7) is 3.68. The van der Waals surface area contributed by atoms with E-state index < -0.39 is 0 Å². The molecule has 0 bridgehead atoms. The van der Waals surface area contributed by atoms with Crippen molar-refractivity contribution >= 4 is 18.3 Å². The molecule has 5 nitrogen and oxygen atoms in total. The first-order valence-electron chi connectivity index (χ1n) is 7.32. The minimum atomic E-state index is -0.0182. The molecule has 3 heterocycles. The molecule has 1 aromatic heterocycles. The van der Waals surface area contributed by atoms with E-state index in [1.54, 1.807) is 0 Å². The second-order valence-electron chi connectivity index (χ2n) is 5.79. The van der Waals surface area contributed by atoms with Crippen molar-refractivity contribution in [2.75, 3.05) is 26.2 Å². The molecule has 2 aliphatic rings. The third-order valence-corrected chi connectivity index (χ3v) is 4.42. The molecule has 0 saturated carbocycles. The van der Waals surface area contributed by atoms with Crippen molar-refractivity contribution in [2.45, 2.75) is 0 Å². The summed E-state index contributed by atoms with van der Waals surface area (Å²) in [5.41, 5.74) is 1.29. The summed E-state index contributed by atoms with van der Waals surface area (Å²) in [4.78, 5) is 18.8. The van der Waals surface area contributed by atoms with E-state index in [-0.39, 0.29) is 18.3 Å². The molecule has 2 atom stereocenters. The highest BCUT2D eigenvalue weighted by atomic mass is 35.5. The predicted octanol–water partition coefficient (Wildman–Crippen LogP) is 2.05. The lowest BCUT2D eigenvalue weighted by Gasteiger charge is -2.15. The molecule has 0 spiro atoms. The number of benzene rings is 1. The maximum absolute atomic E-state index is 12.5. The van der Waals surface area contributed by atoms with Gasteiger partial charge in [0.2, 0.25) is 5.89 Å². The van der Waals surface area contributed by atoms with Gasteiger partial charge in [0.15, 0.2) is 5.69 Å². The molecule has 2 aliphatic heterocycles. The highest BCUT2D eigenvalue weighted by molar-refractivity contribution is 5.92. The minimum absolute atomic E-state index is 0. The van der Waals surface area contributed by atoms with Crippen molar-refractivity contribution in [2.24, 2.45) is 11.8 Å². The number of halogens is 1. The van der Waals surface area contributed by atoms with Gasteiger partial charge in [-0.2, -0.15) is 0 Å². The Balaban J connectivity index is 0.00000144. The fraction of sp³-hybridized carbons (Fsp3) is 0.375. The molecule has 0 aliphatic carbocycles. The highest BCUT2D eigenvalue weighted by Crippen LogP contribution is 2.28. The van der Waals surface area contributed by atoms with Crippen LogP contribution in [-0.4, -0.2) is 42.0 Å². The van der Waals surface area contributed by atoms with Gasteiger partial charge in [-0.3, -0.25) is 4.79 Å². The van der Waals surface area contributed by atoms with E-state index in [1.165, 1.54) is 6.26 Å². The molecule has 2 fully saturated rings. The van der Waals surface area contributed by atoms with Gasteiger partial charge in [0.1, 0.15) is 6.26 Å². The van der Waals surface area contributed by atoms with Gasteiger partial charge < -0.3 is 14.6 Å². The van der Waals surface area contributed by atoms with Gasteiger partial charge in [-0.15, -0.1) is 12.4 Å². The van der Waals surface area contributed by atoms with Crippen LogP contribution in [-0.2, 0) is 0 Å². The quantitative estimate of drug-likeness (QED) is 0.920. The van der Waals surface area contributed by atoms with Crippen LogP contribution >= 0.6 is 12.4 Å². The van der Waals surface area contributed by atoms with E-state index in [0.29, 0.717) is 23.4 Å². The largest absolute Gasteiger partial charge is 0.444 e. The molecular formula is C16H18ClN3O2. The third-order valence-electron chi connectivity index (χ3n) is 4.42. The van der Waals surface area contributed by atoms with Crippen LogP contribution < -0.4 is 5.32 Å². The Hall–Kier alpha value is -1.85. The number of nitrogens with one attached hydrogen (secondary N) is 1. The Labute approximate surface area is 135 Å². The molecule has 6 heteroatoms. The molecule has 1 amide bonds. The lowest BCUT2D eigenvalue weighted by atomic mass is 10.0. The summed E-state index contributed by atoms with van der Waals surface area (Å²) in [6.07, 6.45) is 1.47. The Morgan fingerprint density at radius 2 is 1.86 bits per heavy atom. The summed E-state index contributed by atoms with van der Waals surface area (Å²) in [7, 11) is 0. The summed E-state index contributed by atoms with van der Waals surface area (Å²) in [6, 6.07) is 9.64. The molecule has 22 heavy (non-hydrogen) atoms. The number of likely N-dealkylation sites (tertiary alicyclic amines) is 1. The van der Waals surface area contributed by atoms with Gasteiger partial charge >= 0.3 is 0 Å². The lowest BCUT2D eigenvalue weighted by Crippen LogP contribution is -2.32. The van der Waals surface area contributed by atoms with E-state index in [9.17, 15) is 4.79 Å². The standard InChI is InChI=1S/C16H17N3O2.ClH/c20-16(19-8-12-6-17-7-13(12)9-19)14-10-21-15(18-14)11-4-2-1-3-5-11;/h1-5,10,12-13,17H,6-9H2;1H/t12-,13+;. The van der Waals surface area contributed by atoms with Gasteiger partial charge in [0.25, 0.3) is 5.91 Å². The molecule has 0 unspecified atom stereocenters. The van der Waals surface area contributed by atoms with Crippen molar-refractivity contribution in [1.82, 2.24) is 15.2 Å². The highest BCUT2D eigenvalue weighted by Gasteiger charge is 2.38. The van der Waals surface area contributed by atoms with Crippen LogP contribution in [0, 0.1) is 11.8 Å². The van der Waals surface area contributed by atoms with Gasteiger partial charge in [0.05, 0.1) is 0 Å². The minimum Gasteiger partial charge on any atom is -0.444 e. The normalized spacial score (nSPS) is 23.2. The number of nitrogens with zero attached hydrogens (tertiary/aromatic N) is 2. The number of carbonyl (C=O) groups excluding carboxylic acids is 1. The van der Waals surface area contributed by atoms with E-state index in [2.05, 4.69) is 10.3 Å². The average Bonchev–Trinajstić information content (AvgIpc) is 3.22. The van der Waals surface area contributed by atoms with E-state index >= 15 is 0 Å². The molecule has 1 N–H and O–H groups in total. The van der Waals surface area contributed by atoms with Crippen LogP contribution in [0.15, 0.2) is 41.0 Å².